The van der Waals surface area contributed by atoms with Gasteiger partial charge in [0.1, 0.15) is 6.10 Å². The summed E-state index contributed by atoms with van der Waals surface area (Å²) in [6, 6.07) is 0. The Morgan fingerprint density at radius 2 is 1.62 bits per heavy atom. The number of aliphatic hydroxyl groups is 1. The van der Waals surface area contributed by atoms with E-state index in [9.17, 15) is 5.11 Å². The minimum absolute atomic E-state index is 0.457. The standard InChI is InChI=1S/C15H24O/c1-3-5-7-8-9-10-11-12-14-15(16)13-6-4-2/h15-16H,3-5,7-8,11-12,14H2,1-2H3. The molecule has 1 nitrogen and oxygen atoms in total. The van der Waals surface area contributed by atoms with Crippen molar-refractivity contribution < 1.29 is 5.11 Å². The van der Waals surface area contributed by atoms with Crippen LogP contribution in [0.4, 0.5) is 0 Å². The molecular weight excluding hydrogens is 196 g/mol. The first-order valence-electron chi connectivity index (χ1n) is 6.43. The van der Waals surface area contributed by atoms with Crippen molar-refractivity contribution in [1.82, 2.24) is 0 Å². The summed E-state index contributed by atoms with van der Waals surface area (Å²) in [6.07, 6.45) is 7.70. The molecule has 1 atom stereocenters. The average Bonchev–Trinajstić information content (AvgIpc) is 2.30. The number of unbranched alkanes of at least 4 members (excludes halogenated alkanes) is 4. The van der Waals surface area contributed by atoms with E-state index in [1.54, 1.807) is 0 Å². The van der Waals surface area contributed by atoms with Gasteiger partial charge in [-0.05, 0) is 19.3 Å². The summed E-state index contributed by atoms with van der Waals surface area (Å²) in [4.78, 5) is 0. The Kier molecular flexibility index (Phi) is 11.5. The maximum atomic E-state index is 9.43. The van der Waals surface area contributed by atoms with Crippen LogP contribution in [0.3, 0.4) is 0 Å². The molecule has 0 fully saturated rings. The normalized spacial score (nSPS) is 10.9. The largest absolute Gasteiger partial charge is 0.380 e. The predicted molar refractivity (Wildman–Crippen MR) is 69.8 cm³/mol. The van der Waals surface area contributed by atoms with E-state index >= 15 is 0 Å². The van der Waals surface area contributed by atoms with E-state index in [2.05, 4.69) is 30.6 Å². The predicted octanol–water partition coefficient (Wildman–Crippen LogP) is 3.51. The molecule has 0 spiro atoms. The van der Waals surface area contributed by atoms with E-state index in [0.29, 0.717) is 0 Å². The molecule has 0 aliphatic rings. The zero-order valence-corrected chi connectivity index (χ0v) is 10.7. The maximum Gasteiger partial charge on any atom is 0.114 e. The lowest BCUT2D eigenvalue weighted by molar-refractivity contribution is 0.219. The van der Waals surface area contributed by atoms with Crippen molar-refractivity contribution in [2.75, 3.05) is 0 Å². The molecule has 0 aliphatic carbocycles. The Labute approximate surface area is 101 Å². The van der Waals surface area contributed by atoms with Gasteiger partial charge in [0.15, 0.2) is 0 Å². The highest BCUT2D eigenvalue weighted by atomic mass is 16.3. The Morgan fingerprint density at radius 3 is 2.25 bits per heavy atom. The Hall–Kier alpha value is -0.920. The van der Waals surface area contributed by atoms with Gasteiger partial charge in [-0.25, -0.2) is 0 Å². The first kappa shape index (κ1) is 15.1. The van der Waals surface area contributed by atoms with E-state index in [0.717, 1.165) is 32.1 Å². The monoisotopic (exact) mass is 220 g/mol. The van der Waals surface area contributed by atoms with Crippen LogP contribution in [0.2, 0.25) is 0 Å². The molecule has 16 heavy (non-hydrogen) atoms. The smallest absolute Gasteiger partial charge is 0.114 e. The molecule has 1 heteroatoms. The zero-order chi connectivity index (χ0) is 12.1. The van der Waals surface area contributed by atoms with Crippen molar-refractivity contribution in [2.24, 2.45) is 0 Å². The second-order valence-electron chi connectivity index (χ2n) is 3.89. The highest BCUT2D eigenvalue weighted by molar-refractivity contribution is 5.04. The van der Waals surface area contributed by atoms with Gasteiger partial charge in [0, 0.05) is 19.3 Å². The van der Waals surface area contributed by atoms with Gasteiger partial charge >= 0.3 is 0 Å². The van der Waals surface area contributed by atoms with Crippen molar-refractivity contribution in [1.29, 1.82) is 0 Å². The van der Waals surface area contributed by atoms with Crippen molar-refractivity contribution in [3.05, 3.63) is 0 Å². The first-order chi connectivity index (χ1) is 7.81. The molecule has 0 saturated heterocycles. The number of aliphatic hydroxyl groups excluding tert-OH is 1. The van der Waals surface area contributed by atoms with Crippen molar-refractivity contribution in [2.45, 2.75) is 71.3 Å². The summed E-state index contributed by atoms with van der Waals surface area (Å²) in [5.41, 5.74) is 0. The third kappa shape index (κ3) is 11.2. The molecule has 0 aromatic carbocycles. The molecule has 0 heterocycles. The summed E-state index contributed by atoms with van der Waals surface area (Å²) in [5, 5.41) is 9.43. The minimum atomic E-state index is -0.457. The summed E-state index contributed by atoms with van der Waals surface area (Å²) < 4.78 is 0. The second-order valence-corrected chi connectivity index (χ2v) is 3.89. The first-order valence-corrected chi connectivity index (χ1v) is 6.43. The third-order valence-corrected chi connectivity index (χ3v) is 2.26. The van der Waals surface area contributed by atoms with Gasteiger partial charge in [0.25, 0.3) is 0 Å². The molecule has 0 rings (SSSR count). The lowest BCUT2D eigenvalue weighted by Gasteiger charge is -1.99. The summed E-state index contributed by atoms with van der Waals surface area (Å²) in [7, 11) is 0. The van der Waals surface area contributed by atoms with E-state index in [4.69, 9.17) is 0 Å². The van der Waals surface area contributed by atoms with Gasteiger partial charge < -0.3 is 5.11 Å². The average molecular weight is 220 g/mol. The van der Waals surface area contributed by atoms with E-state index in [1.807, 2.05) is 6.92 Å². The third-order valence-electron chi connectivity index (χ3n) is 2.26. The molecule has 1 N–H and O–H groups in total. The highest BCUT2D eigenvalue weighted by Gasteiger charge is 1.96. The molecule has 90 valence electrons. The van der Waals surface area contributed by atoms with Crippen LogP contribution in [-0.2, 0) is 0 Å². The lowest BCUT2D eigenvalue weighted by atomic mass is 10.1. The maximum absolute atomic E-state index is 9.43. The van der Waals surface area contributed by atoms with Crippen LogP contribution in [0.1, 0.15) is 65.2 Å². The van der Waals surface area contributed by atoms with Crippen molar-refractivity contribution in [3.63, 3.8) is 0 Å². The topological polar surface area (TPSA) is 20.2 Å². The van der Waals surface area contributed by atoms with Gasteiger partial charge in [0.2, 0.25) is 0 Å². The van der Waals surface area contributed by atoms with Crippen molar-refractivity contribution >= 4 is 0 Å². The van der Waals surface area contributed by atoms with Gasteiger partial charge in [-0.1, -0.05) is 32.6 Å². The summed E-state index contributed by atoms with van der Waals surface area (Å²) in [6.45, 7) is 4.19. The van der Waals surface area contributed by atoms with Gasteiger partial charge in [0.05, 0.1) is 0 Å². The fraction of sp³-hybridized carbons (Fsp3) is 0.733. The van der Waals surface area contributed by atoms with E-state index < -0.39 is 6.10 Å². The fourth-order valence-corrected chi connectivity index (χ4v) is 1.32. The molecule has 0 aliphatic heterocycles. The molecule has 0 saturated carbocycles. The van der Waals surface area contributed by atoms with Crippen LogP contribution in [0.25, 0.3) is 0 Å². The molecule has 0 amide bonds. The van der Waals surface area contributed by atoms with Gasteiger partial charge in [-0.15, -0.1) is 17.8 Å². The van der Waals surface area contributed by atoms with E-state index in [1.165, 1.54) is 19.3 Å². The molecule has 0 aromatic heterocycles. The van der Waals surface area contributed by atoms with Crippen LogP contribution in [0.15, 0.2) is 0 Å². The number of hydrogen-bond acceptors (Lipinski definition) is 1. The minimum Gasteiger partial charge on any atom is -0.380 e. The van der Waals surface area contributed by atoms with Crippen molar-refractivity contribution in [3.8, 4) is 23.7 Å². The van der Waals surface area contributed by atoms with Gasteiger partial charge in [-0.2, -0.15) is 0 Å². The number of rotatable bonds is 6. The van der Waals surface area contributed by atoms with Crippen LogP contribution in [-0.4, -0.2) is 11.2 Å². The molecule has 0 radical (unpaired) electrons. The number of hydrogen-bond donors (Lipinski definition) is 1. The molecule has 1 unspecified atom stereocenters. The Bertz CT molecular complexity index is 259. The van der Waals surface area contributed by atoms with Crippen LogP contribution < -0.4 is 0 Å². The van der Waals surface area contributed by atoms with Crippen LogP contribution >= 0.6 is 0 Å². The van der Waals surface area contributed by atoms with Crippen LogP contribution in [0.5, 0.6) is 0 Å². The Balaban J connectivity index is 3.37. The SMILES string of the molecule is CCC#CC(O)CCCC#CCCCCC. The molecule has 0 bridgehead atoms. The van der Waals surface area contributed by atoms with Gasteiger partial charge in [-0.3, -0.25) is 0 Å². The summed E-state index contributed by atoms with van der Waals surface area (Å²) in [5.74, 6) is 12.0. The highest BCUT2D eigenvalue weighted by Crippen LogP contribution is 2.00. The van der Waals surface area contributed by atoms with Crippen LogP contribution in [0, 0.1) is 23.7 Å². The molecular formula is C15H24O. The summed E-state index contributed by atoms with van der Waals surface area (Å²) >= 11 is 0. The fourth-order valence-electron chi connectivity index (χ4n) is 1.32. The lowest BCUT2D eigenvalue weighted by Crippen LogP contribution is -2.01. The quantitative estimate of drug-likeness (QED) is 0.536. The van der Waals surface area contributed by atoms with E-state index in [-0.39, 0.29) is 0 Å². The zero-order valence-electron chi connectivity index (χ0n) is 10.7. The Morgan fingerprint density at radius 1 is 0.938 bits per heavy atom. The second kappa shape index (κ2) is 12.2. The molecule has 0 aromatic rings.